The van der Waals surface area contributed by atoms with E-state index in [0.717, 1.165) is 25.5 Å². The first-order valence-electron chi connectivity index (χ1n) is 5.87. The fraction of sp³-hybridized carbons (Fsp3) is 0.417. The van der Waals surface area contributed by atoms with Crippen molar-refractivity contribution in [3.8, 4) is 0 Å². The lowest BCUT2D eigenvalue weighted by Gasteiger charge is -2.15. The van der Waals surface area contributed by atoms with E-state index >= 15 is 0 Å². The number of anilines is 1. The second kappa shape index (κ2) is 6.58. The molecule has 1 aliphatic rings. The third-order valence-electron chi connectivity index (χ3n) is 2.76. The molecule has 1 heterocycles. The zero-order valence-electron chi connectivity index (χ0n) is 10.0. The van der Waals surface area contributed by atoms with E-state index in [9.17, 15) is 8.78 Å². The molecule has 0 aromatic heterocycles. The summed E-state index contributed by atoms with van der Waals surface area (Å²) >= 11 is 8.15. The molecule has 1 saturated heterocycles. The predicted octanol–water partition coefficient (Wildman–Crippen LogP) is 3.19. The van der Waals surface area contributed by atoms with Crippen molar-refractivity contribution in [3.05, 3.63) is 28.2 Å². The number of benzene rings is 1. The van der Waals surface area contributed by atoms with E-state index in [1.165, 1.54) is 6.07 Å². The fourth-order valence-corrected chi connectivity index (χ4v) is 2.52. The van der Waals surface area contributed by atoms with Crippen molar-refractivity contribution in [3.63, 3.8) is 0 Å². The van der Waals surface area contributed by atoms with E-state index in [4.69, 9.17) is 17.0 Å². The van der Waals surface area contributed by atoms with E-state index < -0.39 is 11.6 Å². The van der Waals surface area contributed by atoms with Crippen LogP contribution in [0, 0.1) is 11.6 Å². The molecule has 1 unspecified atom stereocenters. The number of ether oxygens (including phenoxy) is 1. The lowest BCUT2D eigenvalue weighted by molar-refractivity contribution is 0.114. The molecule has 2 rings (SSSR count). The minimum absolute atomic E-state index is 0.117. The van der Waals surface area contributed by atoms with Gasteiger partial charge >= 0.3 is 0 Å². The molecule has 0 radical (unpaired) electrons. The van der Waals surface area contributed by atoms with Gasteiger partial charge in [-0.3, -0.25) is 0 Å². The summed E-state index contributed by atoms with van der Waals surface area (Å²) in [5.41, 5.74) is 0.117. The number of hydrogen-bond donors (Lipinski definition) is 2. The molecule has 0 aliphatic carbocycles. The summed E-state index contributed by atoms with van der Waals surface area (Å²) in [6.07, 6.45) is 2.18. The summed E-state index contributed by atoms with van der Waals surface area (Å²) < 4.78 is 32.2. The zero-order chi connectivity index (χ0) is 13.8. The summed E-state index contributed by atoms with van der Waals surface area (Å²) in [6.45, 7) is 1.34. The van der Waals surface area contributed by atoms with Crippen LogP contribution in [0.3, 0.4) is 0 Å². The van der Waals surface area contributed by atoms with Gasteiger partial charge in [0.25, 0.3) is 0 Å². The number of rotatable bonds is 3. The van der Waals surface area contributed by atoms with Crippen molar-refractivity contribution in [1.82, 2.24) is 5.32 Å². The van der Waals surface area contributed by atoms with Gasteiger partial charge in [-0.2, -0.15) is 0 Å². The van der Waals surface area contributed by atoms with Crippen LogP contribution in [-0.4, -0.2) is 24.4 Å². The second-order valence-electron chi connectivity index (χ2n) is 4.21. The highest BCUT2D eigenvalue weighted by atomic mass is 79.9. The highest BCUT2D eigenvalue weighted by Gasteiger charge is 2.16. The molecule has 104 valence electrons. The molecule has 7 heteroatoms. The molecule has 1 aliphatic heterocycles. The van der Waals surface area contributed by atoms with Gasteiger partial charge < -0.3 is 15.4 Å². The molecule has 1 fully saturated rings. The lowest BCUT2D eigenvalue weighted by Crippen LogP contribution is -2.35. The number of halogens is 3. The van der Waals surface area contributed by atoms with Gasteiger partial charge in [-0.1, -0.05) is 0 Å². The molecule has 1 atom stereocenters. The van der Waals surface area contributed by atoms with Crippen LogP contribution in [0.1, 0.15) is 12.8 Å². The Bertz CT molecular complexity index is 458. The van der Waals surface area contributed by atoms with Crippen LogP contribution in [0.5, 0.6) is 0 Å². The van der Waals surface area contributed by atoms with Crippen molar-refractivity contribution in [2.45, 2.75) is 18.9 Å². The van der Waals surface area contributed by atoms with Crippen LogP contribution in [-0.2, 0) is 4.74 Å². The molecule has 3 nitrogen and oxygen atoms in total. The normalized spacial score (nSPS) is 18.4. The Morgan fingerprint density at radius 2 is 2.26 bits per heavy atom. The standard InChI is InChI=1S/C12H13BrF2N2OS/c13-9-4-7(14)5-10(15)11(9)17-12(19)16-6-8-2-1-3-18-8/h4-5,8H,1-3,6H2,(H2,16,17,19). The van der Waals surface area contributed by atoms with E-state index in [0.29, 0.717) is 6.54 Å². The van der Waals surface area contributed by atoms with Crippen molar-refractivity contribution >= 4 is 38.9 Å². The van der Waals surface area contributed by atoms with Gasteiger partial charge in [0, 0.05) is 23.7 Å². The SMILES string of the molecule is Fc1cc(F)c(NC(=S)NCC2CCCO2)c(Br)c1. The molecular weight excluding hydrogens is 338 g/mol. The van der Waals surface area contributed by atoms with Gasteiger partial charge in [0.1, 0.15) is 5.82 Å². The van der Waals surface area contributed by atoms with Gasteiger partial charge in [-0.05, 0) is 47.1 Å². The molecule has 0 bridgehead atoms. The minimum atomic E-state index is -0.701. The predicted molar refractivity (Wildman–Crippen MR) is 77.3 cm³/mol. The smallest absolute Gasteiger partial charge is 0.170 e. The molecule has 0 amide bonds. The average molecular weight is 351 g/mol. The highest BCUT2D eigenvalue weighted by Crippen LogP contribution is 2.26. The van der Waals surface area contributed by atoms with Gasteiger partial charge in [-0.15, -0.1) is 0 Å². The van der Waals surface area contributed by atoms with Gasteiger partial charge in [0.05, 0.1) is 11.8 Å². The van der Waals surface area contributed by atoms with Crippen LogP contribution in [0.4, 0.5) is 14.5 Å². The molecule has 1 aromatic rings. The molecule has 0 spiro atoms. The fourth-order valence-electron chi connectivity index (χ4n) is 1.83. The van der Waals surface area contributed by atoms with E-state index in [1.54, 1.807) is 0 Å². The minimum Gasteiger partial charge on any atom is -0.376 e. The maximum absolute atomic E-state index is 13.6. The summed E-state index contributed by atoms with van der Waals surface area (Å²) in [5, 5.41) is 5.94. The Labute approximate surface area is 123 Å². The van der Waals surface area contributed by atoms with Crippen LogP contribution >= 0.6 is 28.1 Å². The number of hydrogen-bond acceptors (Lipinski definition) is 2. The Hall–Kier alpha value is -0.790. The summed E-state index contributed by atoms with van der Waals surface area (Å²) in [4.78, 5) is 0. The Morgan fingerprint density at radius 3 is 2.89 bits per heavy atom. The van der Waals surface area contributed by atoms with E-state index in [-0.39, 0.29) is 21.4 Å². The van der Waals surface area contributed by atoms with Crippen LogP contribution in [0.25, 0.3) is 0 Å². The van der Waals surface area contributed by atoms with Crippen molar-refractivity contribution in [2.24, 2.45) is 0 Å². The van der Waals surface area contributed by atoms with Crippen molar-refractivity contribution in [2.75, 3.05) is 18.5 Å². The van der Waals surface area contributed by atoms with E-state index in [2.05, 4.69) is 26.6 Å². The number of nitrogens with one attached hydrogen (secondary N) is 2. The summed E-state index contributed by atoms with van der Waals surface area (Å²) in [7, 11) is 0. The van der Waals surface area contributed by atoms with Crippen LogP contribution < -0.4 is 10.6 Å². The van der Waals surface area contributed by atoms with Crippen LogP contribution in [0.2, 0.25) is 0 Å². The quantitative estimate of drug-likeness (QED) is 0.820. The van der Waals surface area contributed by atoms with Crippen LogP contribution in [0.15, 0.2) is 16.6 Å². The largest absolute Gasteiger partial charge is 0.376 e. The molecule has 1 aromatic carbocycles. The Balaban J connectivity index is 1.91. The number of thiocarbonyl (C=S) groups is 1. The Kier molecular flexibility index (Phi) is 5.06. The first kappa shape index (κ1) is 14.6. The summed E-state index contributed by atoms with van der Waals surface area (Å²) in [6, 6.07) is 1.98. The third-order valence-corrected chi connectivity index (χ3v) is 3.63. The van der Waals surface area contributed by atoms with Gasteiger partial charge in [0.15, 0.2) is 10.9 Å². The lowest BCUT2D eigenvalue weighted by atomic mass is 10.2. The highest BCUT2D eigenvalue weighted by molar-refractivity contribution is 9.10. The van der Waals surface area contributed by atoms with E-state index in [1.807, 2.05) is 0 Å². The monoisotopic (exact) mass is 350 g/mol. The zero-order valence-corrected chi connectivity index (χ0v) is 12.4. The first-order chi connectivity index (χ1) is 9.06. The van der Waals surface area contributed by atoms with Gasteiger partial charge in [0.2, 0.25) is 0 Å². The topological polar surface area (TPSA) is 33.3 Å². The van der Waals surface area contributed by atoms with Crippen molar-refractivity contribution < 1.29 is 13.5 Å². The molecule has 2 N–H and O–H groups in total. The van der Waals surface area contributed by atoms with Crippen molar-refractivity contribution in [1.29, 1.82) is 0 Å². The Morgan fingerprint density at radius 1 is 1.47 bits per heavy atom. The maximum atomic E-state index is 13.6. The van der Waals surface area contributed by atoms with Gasteiger partial charge in [-0.25, -0.2) is 8.78 Å². The molecule has 19 heavy (non-hydrogen) atoms. The third kappa shape index (κ3) is 4.09. The molecule has 0 saturated carbocycles. The summed E-state index contributed by atoms with van der Waals surface area (Å²) in [5.74, 6) is -1.35. The first-order valence-corrected chi connectivity index (χ1v) is 7.07. The maximum Gasteiger partial charge on any atom is 0.170 e. The average Bonchev–Trinajstić information content (AvgIpc) is 2.84. The molecular formula is C12H13BrF2N2OS. The second-order valence-corrected chi connectivity index (χ2v) is 5.48.